The predicted molar refractivity (Wildman–Crippen MR) is 73.0 cm³/mol. The largest absolute Gasteiger partial charge is 0.445 e. The molecule has 20 heavy (non-hydrogen) atoms. The number of rotatable bonds is 4. The van der Waals surface area contributed by atoms with Crippen molar-refractivity contribution in [3.8, 4) is 0 Å². The van der Waals surface area contributed by atoms with Gasteiger partial charge in [-0.15, -0.1) is 10.2 Å². The fraction of sp³-hybridized carbons (Fsp3) is 0.833. The molecule has 1 saturated heterocycles. The number of halogens is 3. The van der Waals surface area contributed by atoms with E-state index in [0.717, 1.165) is 32.5 Å². The molecule has 1 N–H and O–H groups in total. The first kappa shape index (κ1) is 15.5. The van der Waals surface area contributed by atoms with Gasteiger partial charge in [-0.1, -0.05) is 25.2 Å². The Kier molecular flexibility index (Phi) is 4.85. The third-order valence-corrected chi connectivity index (χ3v) is 4.39. The molecule has 0 bridgehead atoms. The van der Waals surface area contributed by atoms with Crippen LogP contribution in [0.3, 0.4) is 0 Å². The minimum absolute atomic E-state index is 0.382. The molecular weight excluding hydrogens is 289 g/mol. The van der Waals surface area contributed by atoms with Crippen molar-refractivity contribution in [1.29, 1.82) is 0 Å². The molecule has 1 aliphatic heterocycles. The molecule has 1 fully saturated rings. The topological polar surface area (TPSA) is 41.0 Å². The summed E-state index contributed by atoms with van der Waals surface area (Å²) in [4.78, 5) is 1.90. The molecule has 0 radical (unpaired) electrons. The summed E-state index contributed by atoms with van der Waals surface area (Å²) >= 11 is 0.629. The van der Waals surface area contributed by atoms with E-state index in [2.05, 4.69) is 29.4 Å². The fourth-order valence-corrected chi connectivity index (χ4v) is 2.95. The van der Waals surface area contributed by atoms with Crippen molar-refractivity contribution in [1.82, 2.24) is 15.5 Å². The Morgan fingerprint density at radius 2 is 1.95 bits per heavy atom. The minimum atomic E-state index is -4.39. The van der Waals surface area contributed by atoms with Crippen molar-refractivity contribution in [2.45, 2.75) is 38.9 Å². The van der Waals surface area contributed by atoms with Crippen LogP contribution < -0.4 is 10.2 Å². The van der Waals surface area contributed by atoms with Gasteiger partial charge in [-0.05, 0) is 25.3 Å². The molecular formula is C12H19F3N4S. The Hall–Kier alpha value is -0.890. The van der Waals surface area contributed by atoms with Crippen LogP contribution in [0.15, 0.2) is 0 Å². The Balaban J connectivity index is 1.86. The lowest BCUT2D eigenvalue weighted by Crippen LogP contribution is -2.38. The normalized spacial score (nSPS) is 18.0. The molecule has 0 amide bonds. The minimum Gasteiger partial charge on any atom is -0.347 e. The molecule has 0 saturated carbocycles. The van der Waals surface area contributed by atoms with E-state index >= 15 is 0 Å². The quantitative estimate of drug-likeness (QED) is 0.928. The summed E-state index contributed by atoms with van der Waals surface area (Å²) in [5, 5.41) is 9.81. The molecule has 0 aliphatic carbocycles. The van der Waals surface area contributed by atoms with Crippen LogP contribution >= 0.6 is 11.3 Å². The van der Waals surface area contributed by atoms with Gasteiger partial charge in [-0.25, -0.2) is 0 Å². The predicted octanol–water partition coefficient (Wildman–Crippen LogP) is 2.77. The van der Waals surface area contributed by atoms with E-state index in [1.165, 1.54) is 0 Å². The fourth-order valence-electron chi connectivity index (χ4n) is 2.19. The average molecular weight is 308 g/mol. The van der Waals surface area contributed by atoms with Crippen molar-refractivity contribution in [3.05, 3.63) is 5.01 Å². The number of piperidine rings is 1. The summed E-state index contributed by atoms with van der Waals surface area (Å²) in [7, 11) is 0. The highest BCUT2D eigenvalue weighted by Crippen LogP contribution is 2.35. The van der Waals surface area contributed by atoms with Gasteiger partial charge in [0.05, 0.1) is 0 Å². The maximum absolute atomic E-state index is 12.5. The average Bonchev–Trinajstić information content (AvgIpc) is 2.86. The van der Waals surface area contributed by atoms with Crippen LogP contribution in [0, 0.1) is 5.92 Å². The number of nitrogens with one attached hydrogen (secondary N) is 1. The van der Waals surface area contributed by atoms with E-state index in [1.807, 2.05) is 4.90 Å². The molecule has 0 aromatic carbocycles. The van der Waals surface area contributed by atoms with Crippen LogP contribution in [-0.2, 0) is 6.18 Å². The maximum atomic E-state index is 12.5. The van der Waals surface area contributed by atoms with Gasteiger partial charge in [0.25, 0.3) is 0 Å². The first-order chi connectivity index (χ1) is 9.36. The second-order valence-electron chi connectivity index (χ2n) is 5.38. The highest BCUT2D eigenvalue weighted by atomic mass is 32.1. The standard InChI is InChI=1S/C12H19F3N4S/c1-8(2)16-7-9-3-5-19(6-4-9)11-18-17-10(20-11)12(13,14)15/h8-9,16H,3-7H2,1-2H3. The Morgan fingerprint density at radius 3 is 2.45 bits per heavy atom. The Labute approximate surface area is 120 Å². The molecule has 8 heteroatoms. The highest BCUT2D eigenvalue weighted by molar-refractivity contribution is 7.15. The van der Waals surface area contributed by atoms with Gasteiger partial charge >= 0.3 is 6.18 Å². The van der Waals surface area contributed by atoms with Crippen LogP contribution in [0.5, 0.6) is 0 Å². The van der Waals surface area contributed by atoms with Gasteiger partial charge in [0.15, 0.2) is 0 Å². The second kappa shape index (κ2) is 6.26. The van der Waals surface area contributed by atoms with E-state index in [4.69, 9.17) is 0 Å². The van der Waals surface area contributed by atoms with Crippen LogP contribution in [0.1, 0.15) is 31.7 Å². The molecule has 0 unspecified atom stereocenters. The van der Waals surface area contributed by atoms with Crippen molar-refractivity contribution in [2.24, 2.45) is 5.92 Å². The smallest absolute Gasteiger partial charge is 0.347 e. The number of nitrogens with zero attached hydrogens (tertiary/aromatic N) is 3. The summed E-state index contributed by atoms with van der Waals surface area (Å²) in [5.74, 6) is 0.587. The maximum Gasteiger partial charge on any atom is 0.445 e. The van der Waals surface area contributed by atoms with Crippen molar-refractivity contribution in [3.63, 3.8) is 0 Å². The number of alkyl halides is 3. The first-order valence-electron chi connectivity index (χ1n) is 6.75. The van der Waals surface area contributed by atoms with Crippen molar-refractivity contribution in [2.75, 3.05) is 24.5 Å². The number of aromatic nitrogens is 2. The second-order valence-corrected chi connectivity index (χ2v) is 6.34. The lowest BCUT2D eigenvalue weighted by atomic mass is 9.97. The SMILES string of the molecule is CC(C)NCC1CCN(c2nnc(C(F)(F)F)s2)CC1. The third-order valence-electron chi connectivity index (χ3n) is 3.36. The molecule has 114 valence electrons. The van der Waals surface area contributed by atoms with Gasteiger partial charge in [-0.3, -0.25) is 0 Å². The molecule has 1 aromatic heterocycles. The number of hydrogen-bond acceptors (Lipinski definition) is 5. The molecule has 1 aromatic rings. The molecule has 2 heterocycles. The highest BCUT2D eigenvalue weighted by Gasteiger charge is 2.36. The first-order valence-corrected chi connectivity index (χ1v) is 7.57. The summed E-state index contributed by atoms with van der Waals surface area (Å²) in [6.07, 6.45) is -2.45. The zero-order valence-corrected chi connectivity index (χ0v) is 12.4. The van der Waals surface area contributed by atoms with E-state index in [1.54, 1.807) is 0 Å². The van der Waals surface area contributed by atoms with E-state index < -0.39 is 11.2 Å². The van der Waals surface area contributed by atoms with E-state index in [0.29, 0.717) is 28.4 Å². The summed E-state index contributed by atoms with van der Waals surface area (Å²) in [6, 6.07) is 0.463. The third kappa shape index (κ3) is 4.05. The Bertz CT molecular complexity index is 425. The van der Waals surface area contributed by atoms with Gasteiger partial charge in [0.1, 0.15) is 0 Å². The van der Waals surface area contributed by atoms with E-state index in [-0.39, 0.29) is 0 Å². The summed E-state index contributed by atoms with van der Waals surface area (Å²) < 4.78 is 37.5. The zero-order chi connectivity index (χ0) is 14.8. The number of hydrogen-bond donors (Lipinski definition) is 1. The number of anilines is 1. The molecule has 4 nitrogen and oxygen atoms in total. The zero-order valence-electron chi connectivity index (χ0n) is 11.6. The molecule has 0 spiro atoms. The van der Waals surface area contributed by atoms with Crippen LogP contribution in [0.25, 0.3) is 0 Å². The van der Waals surface area contributed by atoms with Crippen LogP contribution in [0.4, 0.5) is 18.3 Å². The van der Waals surface area contributed by atoms with Gasteiger partial charge in [0.2, 0.25) is 10.1 Å². The van der Waals surface area contributed by atoms with E-state index in [9.17, 15) is 13.2 Å². The van der Waals surface area contributed by atoms with Crippen LogP contribution in [0.2, 0.25) is 0 Å². The van der Waals surface area contributed by atoms with Gasteiger partial charge < -0.3 is 10.2 Å². The van der Waals surface area contributed by atoms with Gasteiger partial charge in [-0.2, -0.15) is 13.2 Å². The summed E-state index contributed by atoms with van der Waals surface area (Å²) in [5.41, 5.74) is 0. The molecule has 2 rings (SSSR count). The van der Waals surface area contributed by atoms with Crippen LogP contribution in [-0.4, -0.2) is 35.9 Å². The lowest BCUT2D eigenvalue weighted by Gasteiger charge is -2.31. The lowest BCUT2D eigenvalue weighted by molar-refractivity contribution is -0.138. The summed E-state index contributed by atoms with van der Waals surface area (Å²) in [6.45, 7) is 6.67. The van der Waals surface area contributed by atoms with Crippen molar-refractivity contribution >= 4 is 16.5 Å². The Morgan fingerprint density at radius 1 is 1.30 bits per heavy atom. The van der Waals surface area contributed by atoms with Gasteiger partial charge in [0, 0.05) is 19.1 Å². The molecule has 0 atom stereocenters. The monoisotopic (exact) mass is 308 g/mol. The van der Waals surface area contributed by atoms with Crippen molar-refractivity contribution < 1.29 is 13.2 Å². The molecule has 1 aliphatic rings.